The summed E-state index contributed by atoms with van der Waals surface area (Å²) in [5.74, 6) is 0.247. The molecule has 0 atom stereocenters. The van der Waals surface area contributed by atoms with Crippen LogP contribution >= 0.6 is 0 Å². The number of anilines is 1. The van der Waals surface area contributed by atoms with E-state index < -0.39 is 18.5 Å². The number of amides is 1. The number of aromatic nitrogens is 2. The number of para-hydroxylation sites is 2. The molecule has 1 heterocycles. The molecule has 2 aromatic carbocycles. The van der Waals surface area contributed by atoms with E-state index in [9.17, 15) is 9.59 Å². The predicted octanol–water partition coefficient (Wildman–Crippen LogP) is 3.50. The molecule has 0 unspecified atom stereocenters. The number of rotatable bonds is 6. The first-order valence-corrected chi connectivity index (χ1v) is 8.71. The molecule has 0 saturated carbocycles. The Balaban J connectivity index is 1.58. The molecule has 7 nitrogen and oxygen atoms in total. The average molecular weight is 379 g/mol. The first kappa shape index (κ1) is 19.2. The highest BCUT2D eigenvalue weighted by Gasteiger charge is 2.13. The zero-order chi connectivity index (χ0) is 20.1. The number of methoxy groups -OCH3 is 1. The van der Waals surface area contributed by atoms with Crippen LogP contribution in [0, 0.1) is 13.8 Å². The summed E-state index contributed by atoms with van der Waals surface area (Å²) >= 11 is 0. The van der Waals surface area contributed by atoms with E-state index in [1.54, 1.807) is 48.5 Å². The molecule has 0 bridgehead atoms. The summed E-state index contributed by atoms with van der Waals surface area (Å²) in [6.07, 6.45) is 0. The van der Waals surface area contributed by atoms with Crippen LogP contribution in [0.3, 0.4) is 0 Å². The van der Waals surface area contributed by atoms with Crippen molar-refractivity contribution in [3.63, 3.8) is 0 Å². The third-order valence-corrected chi connectivity index (χ3v) is 4.24. The molecule has 7 heteroatoms. The second kappa shape index (κ2) is 8.39. The van der Waals surface area contributed by atoms with Crippen molar-refractivity contribution in [3.8, 4) is 17.1 Å². The molecule has 0 fully saturated rings. The third kappa shape index (κ3) is 4.37. The topological polar surface area (TPSA) is 93.3 Å². The summed E-state index contributed by atoms with van der Waals surface area (Å²) in [7, 11) is 1.51. The minimum Gasteiger partial charge on any atom is -0.495 e. The van der Waals surface area contributed by atoms with Gasteiger partial charge in [-0.25, -0.2) is 9.78 Å². The summed E-state index contributed by atoms with van der Waals surface area (Å²) in [5, 5.41) is 2.65. The molecule has 0 aliphatic heterocycles. The van der Waals surface area contributed by atoms with Gasteiger partial charge in [0.05, 0.1) is 24.1 Å². The van der Waals surface area contributed by atoms with Gasteiger partial charge in [-0.3, -0.25) is 4.79 Å². The molecular formula is C21H21N3O4. The smallest absolute Gasteiger partial charge is 0.338 e. The fourth-order valence-electron chi connectivity index (χ4n) is 2.60. The molecule has 0 spiro atoms. The highest BCUT2D eigenvalue weighted by Crippen LogP contribution is 2.23. The lowest BCUT2D eigenvalue weighted by molar-refractivity contribution is -0.119. The molecule has 0 aliphatic rings. The first-order valence-electron chi connectivity index (χ1n) is 8.71. The molecule has 0 aliphatic carbocycles. The molecular weight excluding hydrogens is 358 g/mol. The number of hydrogen-bond donors (Lipinski definition) is 2. The van der Waals surface area contributed by atoms with Gasteiger partial charge in [-0.05, 0) is 38.1 Å². The Morgan fingerprint density at radius 2 is 1.79 bits per heavy atom. The van der Waals surface area contributed by atoms with Crippen LogP contribution in [0.25, 0.3) is 11.4 Å². The Bertz CT molecular complexity index is 974. The number of H-pyrrole nitrogens is 1. The normalized spacial score (nSPS) is 10.4. The fourth-order valence-corrected chi connectivity index (χ4v) is 2.60. The van der Waals surface area contributed by atoms with Gasteiger partial charge in [-0.1, -0.05) is 24.3 Å². The molecule has 3 rings (SSSR count). The summed E-state index contributed by atoms with van der Waals surface area (Å²) in [6, 6.07) is 13.8. The van der Waals surface area contributed by atoms with Crippen LogP contribution in [0.15, 0.2) is 48.5 Å². The Morgan fingerprint density at radius 1 is 1.07 bits per heavy atom. The third-order valence-electron chi connectivity index (χ3n) is 4.24. The van der Waals surface area contributed by atoms with E-state index in [1.165, 1.54) is 7.11 Å². The second-order valence-electron chi connectivity index (χ2n) is 6.20. The van der Waals surface area contributed by atoms with Crippen molar-refractivity contribution in [1.29, 1.82) is 0 Å². The lowest BCUT2D eigenvalue weighted by atomic mass is 10.1. The molecule has 0 radical (unpaired) electrons. The second-order valence-corrected chi connectivity index (χ2v) is 6.20. The van der Waals surface area contributed by atoms with Crippen molar-refractivity contribution < 1.29 is 19.1 Å². The van der Waals surface area contributed by atoms with Gasteiger partial charge < -0.3 is 19.8 Å². The quantitative estimate of drug-likeness (QED) is 0.640. The zero-order valence-electron chi connectivity index (χ0n) is 15.9. The van der Waals surface area contributed by atoms with Crippen LogP contribution in [0.5, 0.6) is 5.75 Å². The van der Waals surface area contributed by atoms with Crippen LogP contribution in [-0.4, -0.2) is 35.6 Å². The molecule has 3 aromatic rings. The van der Waals surface area contributed by atoms with Crippen molar-refractivity contribution in [2.24, 2.45) is 0 Å². The lowest BCUT2D eigenvalue weighted by Crippen LogP contribution is -2.21. The molecule has 0 saturated heterocycles. The van der Waals surface area contributed by atoms with Crippen LogP contribution in [0.4, 0.5) is 5.69 Å². The van der Waals surface area contributed by atoms with E-state index in [1.807, 2.05) is 13.8 Å². The van der Waals surface area contributed by atoms with Gasteiger partial charge in [-0.2, -0.15) is 0 Å². The van der Waals surface area contributed by atoms with E-state index in [4.69, 9.17) is 9.47 Å². The largest absolute Gasteiger partial charge is 0.495 e. The highest BCUT2D eigenvalue weighted by molar-refractivity contribution is 5.96. The van der Waals surface area contributed by atoms with Gasteiger partial charge in [0.1, 0.15) is 11.6 Å². The van der Waals surface area contributed by atoms with E-state index in [2.05, 4.69) is 15.3 Å². The number of nitrogens with zero attached hydrogens (tertiary/aromatic N) is 1. The Hall–Kier alpha value is -3.61. The molecule has 28 heavy (non-hydrogen) atoms. The maximum Gasteiger partial charge on any atom is 0.338 e. The number of nitrogens with one attached hydrogen (secondary N) is 2. The van der Waals surface area contributed by atoms with Crippen molar-refractivity contribution in [2.45, 2.75) is 13.8 Å². The standard InChI is InChI=1S/C21H21N3O4/c1-13-14(2)23-20(22-13)15-8-10-16(11-9-15)21(26)28-12-19(25)24-17-6-4-5-7-18(17)27-3/h4-11H,12H2,1-3H3,(H,22,23)(H,24,25). The van der Waals surface area contributed by atoms with E-state index in [0.717, 1.165) is 22.8 Å². The summed E-state index contributed by atoms with van der Waals surface area (Å²) in [4.78, 5) is 31.8. The lowest BCUT2D eigenvalue weighted by Gasteiger charge is -2.10. The summed E-state index contributed by atoms with van der Waals surface area (Å²) in [6.45, 7) is 3.49. The van der Waals surface area contributed by atoms with Crippen molar-refractivity contribution in [2.75, 3.05) is 19.0 Å². The van der Waals surface area contributed by atoms with Crippen LogP contribution in [0.2, 0.25) is 0 Å². The minimum absolute atomic E-state index is 0.355. The van der Waals surface area contributed by atoms with E-state index in [-0.39, 0.29) is 0 Å². The van der Waals surface area contributed by atoms with Crippen LogP contribution in [-0.2, 0) is 9.53 Å². The number of imidazole rings is 1. The Morgan fingerprint density at radius 3 is 2.43 bits per heavy atom. The minimum atomic E-state index is -0.575. The van der Waals surface area contributed by atoms with E-state index in [0.29, 0.717) is 17.0 Å². The maximum absolute atomic E-state index is 12.2. The van der Waals surface area contributed by atoms with Gasteiger partial charge in [0, 0.05) is 11.3 Å². The Kier molecular flexibility index (Phi) is 5.74. The zero-order valence-corrected chi connectivity index (χ0v) is 15.9. The molecule has 144 valence electrons. The van der Waals surface area contributed by atoms with E-state index >= 15 is 0 Å². The van der Waals surface area contributed by atoms with Gasteiger partial charge in [0.25, 0.3) is 5.91 Å². The number of carbonyl (C=O) groups is 2. The summed E-state index contributed by atoms with van der Waals surface area (Å²) < 4.78 is 10.3. The Labute approximate surface area is 162 Å². The number of hydrogen-bond acceptors (Lipinski definition) is 5. The fraction of sp³-hybridized carbons (Fsp3) is 0.190. The maximum atomic E-state index is 12.2. The predicted molar refractivity (Wildman–Crippen MR) is 105 cm³/mol. The molecule has 2 N–H and O–H groups in total. The SMILES string of the molecule is COc1ccccc1NC(=O)COC(=O)c1ccc(-c2nc(C)c(C)[nH]2)cc1. The average Bonchev–Trinajstić information content (AvgIpc) is 3.05. The number of carbonyl (C=O) groups excluding carboxylic acids is 2. The van der Waals surface area contributed by atoms with Crippen molar-refractivity contribution >= 4 is 17.6 Å². The number of esters is 1. The van der Waals surface area contributed by atoms with Gasteiger partial charge in [-0.15, -0.1) is 0 Å². The van der Waals surface area contributed by atoms with Gasteiger partial charge in [0.2, 0.25) is 0 Å². The first-order chi connectivity index (χ1) is 13.5. The number of aromatic amines is 1. The molecule has 1 amide bonds. The van der Waals surface area contributed by atoms with Crippen molar-refractivity contribution in [1.82, 2.24) is 9.97 Å². The van der Waals surface area contributed by atoms with Gasteiger partial charge >= 0.3 is 5.97 Å². The molecule has 1 aromatic heterocycles. The number of benzene rings is 2. The van der Waals surface area contributed by atoms with Crippen molar-refractivity contribution in [3.05, 3.63) is 65.5 Å². The monoisotopic (exact) mass is 379 g/mol. The number of ether oxygens (including phenoxy) is 2. The van der Waals surface area contributed by atoms with Gasteiger partial charge in [0.15, 0.2) is 6.61 Å². The highest BCUT2D eigenvalue weighted by atomic mass is 16.5. The van der Waals surface area contributed by atoms with Crippen LogP contribution < -0.4 is 10.1 Å². The number of aryl methyl sites for hydroxylation is 2. The summed E-state index contributed by atoms with van der Waals surface area (Å²) in [5.41, 5.74) is 3.66. The van der Waals surface area contributed by atoms with Crippen LogP contribution in [0.1, 0.15) is 21.7 Å².